The summed E-state index contributed by atoms with van der Waals surface area (Å²) < 4.78 is 17.1. The zero-order valence-electron chi connectivity index (χ0n) is 18.9. The van der Waals surface area contributed by atoms with Crippen LogP contribution >= 0.6 is 0 Å². The monoisotopic (exact) mass is 446 g/mol. The molecule has 0 N–H and O–H groups in total. The smallest absolute Gasteiger partial charge is 0.212 e. The first-order valence-corrected chi connectivity index (χ1v) is 12.0. The summed E-state index contributed by atoms with van der Waals surface area (Å²) in [5, 5.41) is 0. The number of aliphatic imine (C=N–C) groups is 1. The standard InChI is InChI=1S/C26H30N4O3/c1-2-9-29(8-1)25-6-4-21(15-27-25)19-3-5-23-20(13-19)7-10-30-18-28-26(14-24(23)30)33-17-22-16-31-11-12-32-22/h3-6,13-15,22H,1-2,7-12,16-18H2. The molecule has 2 saturated heterocycles. The van der Waals surface area contributed by atoms with Gasteiger partial charge in [0.25, 0.3) is 0 Å². The molecule has 0 saturated carbocycles. The molecule has 6 rings (SSSR count). The predicted octanol–water partition coefficient (Wildman–Crippen LogP) is 3.35. The molecule has 0 radical (unpaired) electrons. The normalized spacial score (nSPS) is 22.4. The van der Waals surface area contributed by atoms with Gasteiger partial charge in [0.2, 0.25) is 5.90 Å². The SMILES string of the molecule is C1=C2c3ccc(-c4ccc(N5CCCC5)nc4)cc3CCN2CN=C1OCC1COCCO1. The lowest BCUT2D eigenvalue weighted by molar-refractivity contribution is -0.103. The van der Waals surface area contributed by atoms with Gasteiger partial charge in [-0.15, -0.1) is 0 Å². The second kappa shape index (κ2) is 9.15. The van der Waals surface area contributed by atoms with E-state index in [0.717, 1.165) is 31.9 Å². The van der Waals surface area contributed by atoms with Crippen molar-refractivity contribution in [3.63, 3.8) is 0 Å². The number of nitrogens with zero attached hydrogens (tertiary/aromatic N) is 4. The van der Waals surface area contributed by atoms with Crippen molar-refractivity contribution in [2.24, 2.45) is 4.99 Å². The van der Waals surface area contributed by atoms with Crippen molar-refractivity contribution in [3.8, 4) is 11.1 Å². The molecule has 0 spiro atoms. The van der Waals surface area contributed by atoms with Crippen LogP contribution in [0.25, 0.3) is 16.8 Å². The highest BCUT2D eigenvalue weighted by atomic mass is 16.6. The Morgan fingerprint density at radius 2 is 1.91 bits per heavy atom. The van der Waals surface area contributed by atoms with Gasteiger partial charge in [-0.1, -0.05) is 18.2 Å². The highest BCUT2D eigenvalue weighted by Gasteiger charge is 2.25. The maximum atomic E-state index is 5.96. The minimum absolute atomic E-state index is 0.0236. The van der Waals surface area contributed by atoms with Gasteiger partial charge in [-0.25, -0.2) is 9.98 Å². The van der Waals surface area contributed by atoms with Crippen molar-refractivity contribution in [2.45, 2.75) is 25.4 Å². The fourth-order valence-electron chi connectivity index (χ4n) is 5.00. The molecule has 1 aromatic heterocycles. The average Bonchev–Trinajstić information content (AvgIpc) is 3.43. The number of benzene rings is 1. The van der Waals surface area contributed by atoms with E-state index >= 15 is 0 Å². The van der Waals surface area contributed by atoms with Crippen LogP contribution in [-0.2, 0) is 20.6 Å². The number of rotatable bonds is 4. The number of fused-ring (bicyclic) bond motifs is 3. The molecule has 33 heavy (non-hydrogen) atoms. The third kappa shape index (κ3) is 4.35. The topological polar surface area (TPSA) is 59.4 Å². The van der Waals surface area contributed by atoms with Gasteiger partial charge in [-0.3, -0.25) is 0 Å². The first-order chi connectivity index (χ1) is 16.3. The quantitative estimate of drug-likeness (QED) is 0.718. The van der Waals surface area contributed by atoms with Crippen LogP contribution in [0.4, 0.5) is 5.82 Å². The first kappa shape index (κ1) is 20.7. The number of pyridine rings is 1. The van der Waals surface area contributed by atoms with Crippen molar-refractivity contribution >= 4 is 17.4 Å². The summed E-state index contributed by atoms with van der Waals surface area (Å²) in [6, 6.07) is 11.1. The Kier molecular flexibility index (Phi) is 5.74. The number of aromatic nitrogens is 1. The van der Waals surface area contributed by atoms with E-state index < -0.39 is 0 Å². The van der Waals surface area contributed by atoms with Crippen LogP contribution in [0.1, 0.15) is 24.0 Å². The van der Waals surface area contributed by atoms with Gasteiger partial charge in [-0.05, 0) is 42.5 Å². The maximum Gasteiger partial charge on any atom is 0.212 e. The van der Waals surface area contributed by atoms with Gasteiger partial charge < -0.3 is 24.0 Å². The number of hydrogen-bond acceptors (Lipinski definition) is 7. The Labute approximate surface area is 194 Å². The summed E-state index contributed by atoms with van der Waals surface area (Å²) in [6.07, 6.45) is 7.60. The lowest BCUT2D eigenvalue weighted by Crippen LogP contribution is -2.35. The van der Waals surface area contributed by atoms with Gasteiger partial charge in [0.05, 0.1) is 25.5 Å². The molecule has 1 aromatic carbocycles. The Hall–Kier alpha value is -2.90. The molecule has 5 heterocycles. The highest BCUT2D eigenvalue weighted by Crippen LogP contribution is 2.34. The minimum atomic E-state index is -0.0236. The van der Waals surface area contributed by atoms with E-state index in [9.17, 15) is 0 Å². The van der Waals surface area contributed by atoms with E-state index in [4.69, 9.17) is 19.2 Å². The van der Waals surface area contributed by atoms with Crippen molar-refractivity contribution in [1.29, 1.82) is 0 Å². The minimum Gasteiger partial charge on any atom is -0.475 e. The highest BCUT2D eigenvalue weighted by molar-refractivity contribution is 5.97. The largest absolute Gasteiger partial charge is 0.475 e. The van der Waals surface area contributed by atoms with Gasteiger partial charge in [-0.2, -0.15) is 0 Å². The van der Waals surface area contributed by atoms with Crippen molar-refractivity contribution in [3.05, 3.63) is 53.7 Å². The summed E-state index contributed by atoms with van der Waals surface area (Å²) in [5.41, 5.74) is 6.21. The Bertz CT molecular complexity index is 1050. The van der Waals surface area contributed by atoms with E-state index in [1.807, 2.05) is 6.20 Å². The predicted molar refractivity (Wildman–Crippen MR) is 128 cm³/mol. The van der Waals surface area contributed by atoms with Crippen molar-refractivity contribution in [1.82, 2.24) is 9.88 Å². The molecule has 4 aliphatic heterocycles. The first-order valence-electron chi connectivity index (χ1n) is 12.0. The van der Waals surface area contributed by atoms with Crippen LogP contribution in [0.3, 0.4) is 0 Å². The molecule has 0 amide bonds. The molecule has 1 unspecified atom stereocenters. The fraction of sp³-hybridized carbons (Fsp3) is 0.462. The summed E-state index contributed by atoms with van der Waals surface area (Å²) in [5.74, 6) is 1.77. The molecule has 0 bridgehead atoms. The van der Waals surface area contributed by atoms with Gasteiger partial charge in [0.1, 0.15) is 25.2 Å². The van der Waals surface area contributed by atoms with Crippen LogP contribution in [-0.4, -0.2) is 74.6 Å². The zero-order valence-corrected chi connectivity index (χ0v) is 18.9. The van der Waals surface area contributed by atoms with E-state index in [1.165, 1.54) is 40.8 Å². The maximum absolute atomic E-state index is 5.96. The van der Waals surface area contributed by atoms with Crippen molar-refractivity contribution in [2.75, 3.05) is 57.6 Å². The van der Waals surface area contributed by atoms with Crippen molar-refractivity contribution < 1.29 is 14.2 Å². The lowest BCUT2D eigenvalue weighted by atomic mass is 9.92. The molecule has 2 aromatic rings. The third-order valence-corrected chi connectivity index (χ3v) is 6.84. The van der Waals surface area contributed by atoms with E-state index in [2.05, 4.69) is 51.2 Å². The van der Waals surface area contributed by atoms with Gasteiger partial charge in [0.15, 0.2) is 0 Å². The number of hydrogen-bond donors (Lipinski definition) is 0. The van der Waals surface area contributed by atoms with E-state index in [0.29, 0.717) is 39.0 Å². The molecule has 4 aliphatic rings. The lowest BCUT2D eigenvalue weighted by Gasteiger charge is -2.34. The van der Waals surface area contributed by atoms with Crippen LogP contribution in [0.15, 0.2) is 47.6 Å². The molecule has 2 fully saturated rings. The fourth-order valence-corrected chi connectivity index (χ4v) is 5.00. The molecule has 7 heteroatoms. The van der Waals surface area contributed by atoms with Crippen LogP contribution < -0.4 is 4.90 Å². The number of anilines is 1. The summed E-state index contributed by atoms with van der Waals surface area (Å²) in [4.78, 5) is 14.0. The summed E-state index contributed by atoms with van der Waals surface area (Å²) >= 11 is 0. The Balaban J connectivity index is 1.19. The molecule has 0 aliphatic carbocycles. The van der Waals surface area contributed by atoms with E-state index in [-0.39, 0.29) is 6.10 Å². The molecule has 172 valence electrons. The molecule has 1 atom stereocenters. The summed E-state index contributed by atoms with van der Waals surface area (Å²) in [6.45, 7) is 6.16. The Morgan fingerprint density at radius 1 is 1.00 bits per heavy atom. The van der Waals surface area contributed by atoms with E-state index in [1.54, 1.807) is 0 Å². The summed E-state index contributed by atoms with van der Waals surface area (Å²) in [7, 11) is 0. The van der Waals surface area contributed by atoms with Crippen LogP contribution in [0.2, 0.25) is 0 Å². The second-order valence-electron chi connectivity index (χ2n) is 9.03. The molecular weight excluding hydrogens is 416 g/mol. The molecular formula is C26H30N4O3. The Morgan fingerprint density at radius 3 is 2.73 bits per heavy atom. The average molecular weight is 447 g/mol. The van der Waals surface area contributed by atoms with Gasteiger partial charge in [0, 0.05) is 43.0 Å². The van der Waals surface area contributed by atoms with Crippen LogP contribution in [0.5, 0.6) is 0 Å². The third-order valence-electron chi connectivity index (χ3n) is 6.84. The second-order valence-corrected chi connectivity index (χ2v) is 9.03. The van der Waals surface area contributed by atoms with Gasteiger partial charge >= 0.3 is 0 Å². The zero-order chi connectivity index (χ0) is 22.0. The molecule has 7 nitrogen and oxygen atoms in total. The van der Waals surface area contributed by atoms with Crippen LogP contribution in [0, 0.1) is 0 Å². The number of ether oxygens (including phenoxy) is 3.